The Morgan fingerprint density at radius 3 is 2.62 bits per heavy atom. The van der Waals surface area contributed by atoms with Gasteiger partial charge in [-0.15, -0.1) is 0 Å². The van der Waals surface area contributed by atoms with E-state index in [2.05, 4.69) is 30.6 Å². The fourth-order valence-corrected chi connectivity index (χ4v) is 2.60. The molecule has 96 valence electrons. The molecule has 1 aliphatic rings. The fourth-order valence-electron chi connectivity index (χ4n) is 2.60. The molecule has 1 fully saturated rings. The highest BCUT2D eigenvalue weighted by molar-refractivity contribution is 4.80. The molecule has 2 atom stereocenters. The third kappa shape index (κ3) is 4.40. The molecule has 0 aliphatic carbocycles. The molecule has 1 heterocycles. The summed E-state index contributed by atoms with van der Waals surface area (Å²) in [5, 5.41) is 0. The standard InChI is InChI=1S/C13H29N3/c1-4-6-7-13(14)11-15-8-9-16(5-2)12(3)10-15/h12-13H,4-11,14H2,1-3H3. The van der Waals surface area contributed by atoms with Crippen molar-refractivity contribution in [3.63, 3.8) is 0 Å². The van der Waals surface area contributed by atoms with Crippen LogP contribution in [-0.2, 0) is 0 Å². The van der Waals surface area contributed by atoms with Crippen LogP contribution in [0.2, 0.25) is 0 Å². The van der Waals surface area contributed by atoms with Gasteiger partial charge in [0.1, 0.15) is 0 Å². The molecule has 0 spiro atoms. The smallest absolute Gasteiger partial charge is 0.0195 e. The van der Waals surface area contributed by atoms with Gasteiger partial charge in [0.15, 0.2) is 0 Å². The maximum atomic E-state index is 6.15. The summed E-state index contributed by atoms with van der Waals surface area (Å²) in [6, 6.07) is 1.07. The zero-order chi connectivity index (χ0) is 12.0. The Bertz CT molecular complexity index is 184. The number of piperazine rings is 1. The molecule has 0 saturated carbocycles. The van der Waals surface area contributed by atoms with Crippen molar-refractivity contribution in [3.8, 4) is 0 Å². The lowest BCUT2D eigenvalue weighted by Gasteiger charge is -2.40. The van der Waals surface area contributed by atoms with Gasteiger partial charge in [-0.2, -0.15) is 0 Å². The normalized spacial score (nSPS) is 25.9. The van der Waals surface area contributed by atoms with Crippen LogP contribution in [0.4, 0.5) is 0 Å². The number of rotatable bonds is 6. The van der Waals surface area contributed by atoms with Crippen LogP contribution in [0.25, 0.3) is 0 Å². The van der Waals surface area contributed by atoms with Gasteiger partial charge in [-0.05, 0) is 19.9 Å². The maximum absolute atomic E-state index is 6.15. The van der Waals surface area contributed by atoms with Crippen LogP contribution in [0.15, 0.2) is 0 Å². The van der Waals surface area contributed by atoms with Crippen LogP contribution in [0.1, 0.15) is 40.0 Å². The van der Waals surface area contributed by atoms with Crippen molar-refractivity contribution >= 4 is 0 Å². The first kappa shape index (κ1) is 13.9. The first-order chi connectivity index (χ1) is 7.67. The molecule has 0 bridgehead atoms. The summed E-state index contributed by atoms with van der Waals surface area (Å²) in [7, 11) is 0. The van der Waals surface area contributed by atoms with Gasteiger partial charge in [0, 0.05) is 38.3 Å². The van der Waals surface area contributed by atoms with Crippen molar-refractivity contribution in [3.05, 3.63) is 0 Å². The van der Waals surface area contributed by atoms with Gasteiger partial charge in [0.2, 0.25) is 0 Å². The summed E-state index contributed by atoms with van der Waals surface area (Å²) in [6.45, 7) is 12.7. The predicted octanol–water partition coefficient (Wildman–Crippen LogP) is 1.53. The molecule has 0 radical (unpaired) electrons. The lowest BCUT2D eigenvalue weighted by molar-refractivity contribution is 0.0834. The predicted molar refractivity (Wildman–Crippen MR) is 70.6 cm³/mol. The third-order valence-corrected chi connectivity index (χ3v) is 3.68. The van der Waals surface area contributed by atoms with E-state index in [9.17, 15) is 0 Å². The Morgan fingerprint density at radius 2 is 2.06 bits per heavy atom. The Hall–Kier alpha value is -0.120. The SMILES string of the molecule is CCCCC(N)CN1CCN(CC)C(C)C1. The average Bonchev–Trinajstić information content (AvgIpc) is 2.26. The quantitative estimate of drug-likeness (QED) is 0.747. The summed E-state index contributed by atoms with van der Waals surface area (Å²) >= 11 is 0. The van der Waals surface area contributed by atoms with Crippen LogP contribution >= 0.6 is 0 Å². The third-order valence-electron chi connectivity index (χ3n) is 3.68. The Morgan fingerprint density at radius 1 is 1.31 bits per heavy atom. The molecular weight excluding hydrogens is 198 g/mol. The van der Waals surface area contributed by atoms with E-state index in [0.29, 0.717) is 12.1 Å². The molecule has 0 aromatic carbocycles. The largest absolute Gasteiger partial charge is 0.327 e. The molecule has 0 amide bonds. The van der Waals surface area contributed by atoms with Crippen LogP contribution < -0.4 is 5.73 Å². The lowest BCUT2D eigenvalue weighted by Crippen LogP contribution is -2.53. The molecule has 1 saturated heterocycles. The lowest BCUT2D eigenvalue weighted by atomic mass is 10.1. The minimum atomic E-state index is 0.375. The van der Waals surface area contributed by atoms with Gasteiger partial charge < -0.3 is 5.73 Å². The zero-order valence-corrected chi connectivity index (χ0v) is 11.3. The molecule has 2 unspecified atom stereocenters. The van der Waals surface area contributed by atoms with Gasteiger partial charge in [-0.25, -0.2) is 0 Å². The molecule has 1 rings (SSSR count). The van der Waals surface area contributed by atoms with Gasteiger partial charge in [-0.1, -0.05) is 26.7 Å². The summed E-state index contributed by atoms with van der Waals surface area (Å²) in [5.41, 5.74) is 6.15. The van der Waals surface area contributed by atoms with E-state index in [1.807, 2.05) is 0 Å². The highest BCUT2D eigenvalue weighted by Gasteiger charge is 2.22. The molecule has 2 N–H and O–H groups in total. The first-order valence-corrected chi connectivity index (χ1v) is 6.89. The Kier molecular flexibility index (Phi) is 6.32. The van der Waals surface area contributed by atoms with Gasteiger partial charge in [0.25, 0.3) is 0 Å². The minimum Gasteiger partial charge on any atom is -0.327 e. The van der Waals surface area contributed by atoms with Gasteiger partial charge >= 0.3 is 0 Å². The molecule has 0 aromatic rings. The van der Waals surface area contributed by atoms with Crippen molar-refractivity contribution < 1.29 is 0 Å². The van der Waals surface area contributed by atoms with Crippen LogP contribution in [0.5, 0.6) is 0 Å². The van der Waals surface area contributed by atoms with Crippen molar-refractivity contribution in [2.75, 3.05) is 32.7 Å². The number of nitrogens with two attached hydrogens (primary N) is 1. The second kappa shape index (κ2) is 7.25. The molecular formula is C13H29N3. The Labute approximate surface area is 101 Å². The molecule has 3 nitrogen and oxygen atoms in total. The summed E-state index contributed by atoms with van der Waals surface area (Å²) in [6.07, 6.45) is 3.71. The zero-order valence-electron chi connectivity index (χ0n) is 11.3. The van der Waals surface area contributed by atoms with Crippen LogP contribution in [-0.4, -0.2) is 54.6 Å². The van der Waals surface area contributed by atoms with Crippen molar-refractivity contribution in [2.24, 2.45) is 5.73 Å². The van der Waals surface area contributed by atoms with Crippen LogP contribution in [0, 0.1) is 0 Å². The number of nitrogens with zero attached hydrogens (tertiary/aromatic N) is 2. The van der Waals surface area contributed by atoms with E-state index in [1.165, 1.54) is 45.4 Å². The molecule has 16 heavy (non-hydrogen) atoms. The summed E-state index contributed by atoms with van der Waals surface area (Å²) in [5.74, 6) is 0. The van der Waals surface area contributed by atoms with E-state index < -0.39 is 0 Å². The number of hydrogen-bond donors (Lipinski definition) is 1. The number of likely N-dealkylation sites (N-methyl/N-ethyl adjacent to an activating group) is 1. The van der Waals surface area contributed by atoms with Crippen molar-refractivity contribution in [1.29, 1.82) is 0 Å². The van der Waals surface area contributed by atoms with E-state index in [0.717, 1.165) is 6.54 Å². The molecule has 0 aromatic heterocycles. The van der Waals surface area contributed by atoms with Crippen molar-refractivity contribution in [2.45, 2.75) is 52.1 Å². The van der Waals surface area contributed by atoms with Crippen molar-refractivity contribution in [1.82, 2.24) is 9.80 Å². The second-order valence-corrected chi connectivity index (χ2v) is 5.14. The highest BCUT2D eigenvalue weighted by atomic mass is 15.3. The second-order valence-electron chi connectivity index (χ2n) is 5.14. The monoisotopic (exact) mass is 227 g/mol. The van der Waals surface area contributed by atoms with E-state index in [-0.39, 0.29) is 0 Å². The van der Waals surface area contributed by atoms with E-state index >= 15 is 0 Å². The van der Waals surface area contributed by atoms with E-state index in [4.69, 9.17) is 5.73 Å². The fraction of sp³-hybridized carbons (Fsp3) is 1.00. The molecule has 3 heteroatoms. The van der Waals surface area contributed by atoms with E-state index in [1.54, 1.807) is 0 Å². The number of hydrogen-bond acceptors (Lipinski definition) is 3. The van der Waals surface area contributed by atoms with Gasteiger partial charge in [-0.3, -0.25) is 9.80 Å². The first-order valence-electron chi connectivity index (χ1n) is 6.89. The average molecular weight is 227 g/mol. The minimum absolute atomic E-state index is 0.375. The topological polar surface area (TPSA) is 32.5 Å². The number of unbranched alkanes of at least 4 members (excludes halogenated alkanes) is 1. The summed E-state index contributed by atoms with van der Waals surface area (Å²) < 4.78 is 0. The van der Waals surface area contributed by atoms with Gasteiger partial charge in [0.05, 0.1) is 0 Å². The summed E-state index contributed by atoms with van der Waals surface area (Å²) in [4.78, 5) is 5.09. The Balaban J connectivity index is 2.24. The molecule has 1 aliphatic heterocycles. The maximum Gasteiger partial charge on any atom is 0.0195 e. The van der Waals surface area contributed by atoms with Crippen LogP contribution in [0.3, 0.4) is 0 Å². The highest BCUT2D eigenvalue weighted by Crippen LogP contribution is 2.10.